The molecule has 0 saturated heterocycles. The van der Waals surface area contributed by atoms with Gasteiger partial charge in [0, 0.05) is 30.1 Å². The average Bonchev–Trinajstić information content (AvgIpc) is 2.83. The van der Waals surface area contributed by atoms with E-state index >= 15 is 0 Å². The number of alkyl halides is 1. The second-order valence-electron chi connectivity index (χ2n) is 7.35. The number of rotatable bonds is 9. The Hall–Kier alpha value is -3.69. The summed E-state index contributed by atoms with van der Waals surface area (Å²) in [6, 6.07) is 10.5. The van der Waals surface area contributed by atoms with E-state index in [0.717, 1.165) is 0 Å². The first-order valence-corrected chi connectivity index (χ1v) is 10.6. The van der Waals surface area contributed by atoms with E-state index in [-0.39, 0.29) is 34.0 Å². The van der Waals surface area contributed by atoms with Crippen molar-refractivity contribution in [2.24, 2.45) is 5.73 Å². The van der Waals surface area contributed by atoms with Crippen LogP contribution < -0.4 is 11.1 Å². The molecular weight excluding hydrogens is 464 g/mol. The topological polar surface area (TPSA) is 125 Å². The Morgan fingerprint density at radius 1 is 1.18 bits per heavy atom. The highest BCUT2D eigenvalue weighted by Gasteiger charge is 2.25. The van der Waals surface area contributed by atoms with Crippen LogP contribution in [-0.2, 0) is 6.42 Å². The van der Waals surface area contributed by atoms with Crippen LogP contribution in [0, 0.1) is 11.2 Å². The number of halogens is 3. The lowest BCUT2D eigenvalue weighted by Crippen LogP contribution is -2.46. The van der Waals surface area contributed by atoms with Gasteiger partial charge < -0.3 is 21.6 Å². The van der Waals surface area contributed by atoms with Gasteiger partial charge in [-0.05, 0) is 42.0 Å². The highest BCUT2D eigenvalue weighted by molar-refractivity contribution is 6.36. The van der Waals surface area contributed by atoms with Crippen molar-refractivity contribution < 1.29 is 18.7 Å². The fraction of sp³-hybridized carbons (Fsp3) is 0.167. The Balaban J connectivity index is 1.88. The van der Waals surface area contributed by atoms with Gasteiger partial charge in [-0.3, -0.25) is 4.79 Å². The molecule has 34 heavy (non-hydrogen) atoms. The van der Waals surface area contributed by atoms with Crippen molar-refractivity contribution in [3.05, 3.63) is 100 Å². The average molecular weight is 486 g/mol. The zero-order valence-electron chi connectivity index (χ0n) is 17.9. The molecule has 0 aliphatic carbocycles. The van der Waals surface area contributed by atoms with Crippen molar-refractivity contribution in [2.45, 2.75) is 18.6 Å². The third kappa shape index (κ3) is 6.21. The van der Waals surface area contributed by atoms with Crippen LogP contribution in [0.15, 0.2) is 67.0 Å². The van der Waals surface area contributed by atoms with Crippen LogP contribution in [0.3, 0.4) is 0 Å². The Bertz CT molecular complexity index is 1190. The van der Waals surface area contributed by atoms with Crippen molar-refractivity contribution >= 4 is 28.9 Å². The largest absolute Gasteiger partial charge is 0.398 e. The molecule has 0 aliphatic heterocycles. The van der Waals surface area contributed by atoms with Crippen LogP contribution in [-0.4, -0.2) is 45.5 Å². The Labute approximate surface area is 199 Å². The molecule has 3 rings (SSSR count). The molecule has 0 aliphatic rings. The van der Waals surface area contributed by atoms with E-state index in [1.54, 1.807) is 6.07 Å². The van der Waals surface area contributed by atoms with E-state index in [0.29, 0.717) is 11.4 Å². The zero-order chi connectivity index (χ0) is 24.7. The van der Waals surface area contributed by atoms with Gasteiger partial charge in [-0.15, -0.1) is 0 Å². The number of hydrogen-bond donors (Lipinski definition) is 4. The number of aliphatic hydroxyl groups excluding tert-OH is 1. The molecule has 1 aromatic heterocycles. The molecule has 2 aromatic carbocycles. The molecule has 3 aromatic rings. The van der Waals surface area contributed by atoms with Crippen LogP contribution in [0.2, 0.25) is 5.02 Å². The van der Waals surface area contributed by atoms with Gasteiger partial charge in [0.2, 0.25) is 0 Å². The number of hydrogen-bond acceptors (Lipinski definition) is 6. The lowest BCUT2D eigenvalue weighted by atomic mass is 9.99. The Morgan fingerprint density at radius 2 is 1.85 bits per heavy atom. The molecule has 1 heterocycles. The monoisotopic (exact) mass is 485 g/mol. The summed E-state index contributed by atoms with van der Waals surface area (Å²) in [6.07, 6.45) is 2.79. The maximum atomic E-state index is 13.3. The number of carbonyl (C=O) groups is 1. The van der Waals surface area contributed by atoms with Crippen molar-refractivity contribution in [1.82, 2.24) is 15.3 Å². The number of amides is 1. The van der Waals surface area contributed by atoms with Gasteiger partial charge in [0.05, 0.1) is 22.3 Å². The number of nitrogens with zero attached hydrogens (tertiary/aromatic N) is 2. The first-order valence-electron chi connectivity index (χ1n) is 10.2. The molecular formula is C24H22ClF2N5O2. The third-order valence-electron chi connectivity index (χ3n) is 4.97. The minimum atomic E-state index is -1.50. The second-order valence-corrected chi connectivity index (χ2v) is 7.76. The van der Waals surface area contributed by atoms with Crippen molar-refractivity contribution in [2.75, 3.05) is 6.67 Å². The van der Waals surface area contributed by atoms with Crippen LogP contribution in [0.5, 0.6) is 0 Å². The molecule has 0 fully saturated rings. The van der Waals surface area contributed by atoms with Gasteiger partial charge in [-0.2, -0.15) is 0 Å². The summed E-state index contributed by atoms with van der Waals surface area (Å²) in [7, 11) is 0. The fourth-order valence-electron chi connectivity index (χ4n) is 3.21. The predicted molar refractivity (Wildman–Crippen MR) is 126 cm³/mol. The third-order valence-corrected chi connectivity index (χ3v) is 5.28. The molecule has 2 atom stereocenters. The molecule has 0 saturated carbocycles. The smallest absolute Gasteiger partial charge is 0.252 e. The highest BCUT2D eigenvalue weighted by Crippen LogP contribution is 2.23. The van der Waals surface area contributed by atoms with Crippen molar-refractivity contribution in [3.8, 4) is 0 Å². The van der Waals surface area contributed by atoms with Gasteiger partial charge in [0.25, 0.3) is 5.91 Å². The van der Waals surface area contributed by atoms with Gasteiger partial charge in [-0.1, -0.05) is 29.8 Å². The molecule has 176 valence electrons. The normalized spacial score (nSPS) is 13.2. The standard InChI is InChI=1S/C24H22ClF2N5O2/c25-17-4-1-3-16(23(17)19(29)11-18(28)14-5-7-15(27)8-6-14)24(34)32-20(21(33)13-26)12-22-30-9-2-10-31-22/h1-11,20-21,29,33H,12-13,28H2,(H,32,34)/b18-11-,29-19?/t20-,21?/m1/s1. The number of nitrogens with one attached hydrogen (secondary N) is 2. The summed E-state index contributed by atoms with van der Waals surface area (Å²) in [5, 5.41) is 21.3. The lowest BCUT2D eigenvalue weighted by Gasteiger charge is -2.22. The molecule has 5 N–H and O–H groups in total. The minimum Gasteiger partial charge on any atom is -0.398 e. The number of benzene rings is 2. The van der Waals surface area contributed by atoms with Crippen LogP contribution >= 0.6 is 11.6 Å². The summed E-state index contributed by atoms with van der Waals surface area (Å²) in [4.78, 5) is 21.2. The molecule has 1 amide bonds. The first kappa shape index (κ1) is 24.9. The maximum Gasteiger partial charge on any atom is 0.252 e. The summed E-state index contributed by atoms with van der Waals surface area (Å²) in [6.45, 7) is -1.09. The van der Waals surface area contributed by atoms with Gasteiger partial charge in [-0.25, -0.2) is 18.7 Å². The summed E-state index contributed by atoms with van der Waals surface area (Å²) >= 11 is 6.30. The van der Waals surface area contributed by atoms with E-state index in [2.05, 4.69) is 15.3 Å². The van der Waals surface area contributed by atoms with E-state index in [1.165, 1.54) is 60.9 Å². The van der Waals surface area contributed by atoms with Gasteiger partial charge in [0.15, 0.2) is 0 Å². The quantitative estimate of drug-likeness (QED) is 0.346. The predicted octanol–water partition coefficient (Wildman–Crippen LogP) is 3.31. The lowest BCUT2D eigenvalue weighted by molar-refractivity contribution is 0.0759. The maximum absolute atomic E-state index is 13.3. The fourth-order valence-corrected chi connectivity index (χ4v) is 3.49. The summed E-state index contributed by atoms with van der Waals surface area (Å²) in [5.41, 5.74) is 6.67. The highest BCUT2D eigenvalue weighted by atomic mass is 35.5. The Kier molecular flexibility index (Phi) is 8.39. The molecule has 0 radical (unpaired) electrons. The molecule has 10 heteroatoms. The first-order chi connectivity index (χ1) is 16.3. The van der Waals surface area contributed by atoms with Gasteiger partial charge in [0.1, 0.15) is 24.4 Å². The minimum absolute atomic E-state index is 0.0115. The number of carbonyl (C=O) groups excluding carboxylic acids is 1. The number of aliphatic hydroxyl groups is 1. The zero-order valence-corrected chi connectivity index (χ0v) is 18.6. The van der Waals surface area contributed by atoms with E-state index in [1.807, 2.05) is 0 Å². The van der Waals surface area contributed by atoms with Crippen LogP contribution in [0.25, 0.3) is 5.70 Å². The Morgan fingerprint density at radius 3 is 2.50 bits per heavy atom. The SMILES string of the molecule is N=C(/C=C(\N)c1ccc(F)cc1)c1c(Cl)cccc1C(=O)N[C@H](Cc1ncccn1)C(O)CF. The number of nitrogens with two attached hydrogens (primary N) is 1. The van der Waals surface area contributed by atoms with Gasteiger partial charge >= 0.3 is 0 Å². The molecule has 0 spiro atoms. The summed E-state index contributed by atoms with van der Waals surface area (Å²) in [5.74, 6) is -0.790. The van der Waals surface area contributed by atoms with Crippen LogP contribution in [0.4, 0.5) is 8.78 Å². The number of allylic oxidation sites excluding steroid dienone is 1. The number of aromatic nitrogens is 2. The van der Waals surface area contributed by atoms with E-state index < -0.39 is 30.5 Å². The molecule has 0 bridgehead atoms. The second kappa shape index (κ2) is 11.4. The van der Waals surface area contributed by atoms with Crippen molar-refractivity contribution in [3.63, 3.8) is 0 Å². The van der Waals surface area contributed by atoms with E-state index in [9.17, 15) is 18.7 Å². The summed E-state index contributed by atoms with van der Waals surface area (Å²) < 4.78 is 26.4. The molecule has 7 nitrogen and oxygen atoms in total. The van der Waals surface area contributed by atoms with E-state index in [4.69, 9.17) is 22.7 Å². The molecule has 1 unspecified atom stereocenters. The van der Waals surface area contributed by atoms with Crippen molar-refractivity contribution in [1.29, 1.82) is 5.41 Å². The van der Waals surface area contributed by atoms with Crippen LogP contribution in [0.1, 0.15) is 27.3 Å².